The molecule has 22 heavy (non-hydrogen) atoms. The molecule has 0 fully saturated rings. The molecule has 0 bridgehead atoms. The minimum Gasteiger partial charge on any atom is -0.507 e. The van der Waals surface area contributed by atoms with Crippen LogP contribution in [0.1, 0.15) is 15.9 Å². The molecule has 0 amide bonds. The lowest BCUT2D eigenvalue weighted by Crippen LogP contribution is -2.07. The Balaban J connectivity index is 2.37. The van der Waals surface area contributed by atoms with Gasteiger partial charge in [0, 0.05) is 24.1 Å². The molecule has 2 aromatic rings. The third-order valence-corrected chi connectivity index (χ3v) is 3.33. The van der Waals surface area contributed by atoms with Gasteiger partial charge in [0.2, 0.25) is 0 Å². The molecule has 2 rings (SSSR count). The fourth-order valence-electron chi connectivity index (χ4n) is 2.25. The Kier molecular flexibility index (Phi) is 4.88. The molecule has 5 nitrogen and oxygen atoms in total. The van der Waals surface area contributed by atoms with Gasteiger partial charge < -0.3 is 19.3 Å². The van der Waals surface area contributed by atoms with Crippen molar-refractivity contribution < 1.29 is 24.1 Å². The summed E-state index contributed by atoms with van der Waals surface area (Å²) in [5.41, 5.74) is 0.876. The summed E-state index contributed by atoms with van der Waals surface area (Å²) in [5, 5.41) is 10.1. The first-order chi connectivity index (χ1) is 10.6. The van der Waals surface area contributed by atoms with Crippen molar-refractivity contribution in [2.45, 2.75) is 6.42 Å². The molecule has 0 saturated carbocycles. The molecule has 0 unspecified atom stereocenters. The van der Waals surface area contributed by atoms with Gasteiger partial charge in [0.15, 0.2) is 5.78 Å². The second-order valence-corrected chi connectivity index (χ2v) is 4.64. The number of Topliss-reactive ketones (excluding diaryl/α,β-unsaturated/α-hetero) is 1. The minimum atomic E-state index is -0.262. The number of carbonyl (C=O) groups is 1. The Labute approximate surface area is 129 Å². The number of hydrogen-bond acceptors (Lipinski definition) is 5. The molecule has 0 saturated heterocycles. The van der Waals surface area contributed by atoms with E-state index in [9.17, 15) is 9.90 Å². The largest absolute Gasteiger partial charge is 0.507 e. The smallest absolute Gasteiger partial charge is 0.174 e. The lowest BCUT2D eigenvalue weighted by atomic mass is 10.0. The fourth-order valence-corrected chi connectivity index (χ4v) is 2.25. The second-order valence-electron chi connectivity index (χ2n) is 4.64. The maximum atomic E-state index is 12.5. The van der Waals surface area contributed by atoms with Crippen molar-refractivity contribution in [3.63, 3.8) is 0 Å². The van der Waals surface area contributed by atoms with Crippen LogP contribution in [0.3, 0.4) is 0 Å². The Morgan fingerprint density at radius 3 is 2.32 bits per heavy atom. The highest BCUT2D eigenvalue weighted by Gasteiger charge is 2.20. The van der Waals surface area contributed by atoms with E-state index in [0.717, 1.165) is 5.56 Å². The lowest BCUT2D eigenvalue weighted by Gasteiger charge is -2.13. The van der Waals surface area contributed by atoms with Crippen molar-refractivity contribution in [2.24, 2.45) is 0 Å². The van der Waals surface area contributed by atoms with Gasteiger partial charge in [-0.1, -0.05) is 18.2 Å². The van der Waals surface area contributed by atoms with Crippen molar-refractivity contribution in [2.75, 3.05) is 21.3 Å². The maximum absolute atomic E-state index is 12.5. The number of aromatic hydroxyl groups is 1. The number of methoxy groups -OCH3 is 3. The molecule has 0 aromatic heterocycles. The van der Waals surface area contributed by atoms with Crippen LogP contribution in [0.25, 0.3) is 0 Å². The summed E-state index contributed by atoms with van der Waals surface area (Å²) in [6.45, 7) is 0. The highest BCUT2D eigenvalue weighted by molar-refractivity contribution is 6.02. The van der Waals surface area contributed by atoms with Gasteiger partial charge in [0.25, 0.3) is 0 Å². The minimum absolute atomic E-state index is 0.0975. The first-order valence-corrected chi connectivity index (χ1v) is 6.70. The summed E-state index contributed by atoms with van der Waals surface area (Å²) in [5.74, 6) is 0.889. The quantitative estimate of drug-likeness (QED) is 0.831. The summed E-state index contributed by atoms with van der Waals surface area (Å²) < 4.78 is 15.5. The summed E-state index contributed by atoms with van der Waals surface area (Å²) in [6.07, 6.45) is 0.0975. The number of ketones is 1. The first-order valence-electron chi connectivity index (χ1n) is 6.70. The first kappa shape index (κ1) is 15.7. The molecule has 0 atom stereocenters. The molecule has 0 radical (unpaired) electrons. The molecule has 0 aliphatic heterocycles. The molecule has 0 aliphatic carbocycles. The van der Waals surface area contributed by atoms with E-state index in [-0.39, 0.29) is 29.3 Å². The van der Waals surface area contributed by atoms with Gasteiger partial charge >= 0.3 is 0 Å². The SMILES string of the molecule is COc1cc(O)c(C(=O)Cc2ccccc2OC)c(OC)c1. The van der Waals surface area contributed by atoms with Gasteiger partial charge in [-0.15, -0.1) is 0 Å². The van der Waals surface area contributed by atoms with Crippen LogP contribution >= 0.6 is 0 Å². The zero-order valence-corrected chi connectivity index (χ0v) is 12.8. The van der Waals surface area contributed by atoms with Gasteiger partial charge in [-0.25, -0.2) is 0 Å². The summed E-state index contributed by atoms with van der Waals surface area (Å²) >= 11 is 0. The van der Waals surface area contributed by atoms with E-state index in [1.165, 1.54) is 20.3 Å². The Bertz CT molecular complexity index is 679. The summed E-state index contributed by atoms with van der Waals surface area (Å²) in [7, 11) is 4.47. The zero-order chi connectivity index (χ0) is 16.1. The number of rotatable bonds is 6. The van der Waals surface area contributed by atoms with Crippen LogP contribution in [0.4, 0.5) is 0 Å². The molecule has 0 heterocycles. The van der Waals surface area contributed by atoms with Crippen molar-refractivity contribution in [3.8, 4) is 23.0 Å². The normalized spacial score (nSPS) is 10.1. The van der Waals surface area contributed by atoms with Gasteiger partial charge in [0.05, 0.1) is 21.3 Å². The predicted octanol–water partition coefficient (Wildman–Crippen LogP) is 2.84. The van der Waals surface area contributed by atoms with Crippen molar-refractivity contribution in [1.82, 2.24) is 0 Å². The summed E-state index contributed by atoms with van der Waals surface area (Å²) in [6, 6.07) is 10.2. The Morgan fingerprint density at radius 1 is 1.00 bits per heavy atom. The average molecular weight is 302 g/mol. The molecule has 2 aromatic carbocycles. The van der Waals surface area contributed by atoms with E-state index >= 15 is 0 Å². The molecule has 116 valence electrons. The van der Waals surface area contributed by atoms with Crippen LogP contribution in [0.15, 0.2) is 36.4 Å². The van der Waals surface area contributed by atoms with E-state index < -0.39 is 0 Å². The molecule has 0 aliphatic rings. The van der Waals surface area contributed by atoms with Crippen molar-refractivity contribution in [3.05, 3.63) is 47.5 Å². The Morgan fingerprint density at radius 2 is 1.68 bits per heavy atom. The second kappa shape index (κ2) is 6.85. The zero-order valence-electron chi connectivity index (χ0n) is 12.8. The van der Waals surface area contributed by atoms with Gasteiger partial charge in [-0.2, -0.15) is 0 Å². The lowest BCUT2D eigenvalue weighted by molar-refractivity contribution is 0.0986. The molecular weight excluding hydrogens is 284 g/mol. The monoisotopic (exact) mass is 302 g/mol. The van der Waals surface area contributed by atoms with Crippen LogP contribution in [-0.2, 0) is 6.42 Å². The van der Waals surface area contributed by atoms with Crippen LogP contribution in [-0.4, -0.2) is 32.2 Å². The number of benzene rings is 2. The number of ether oxygens (including phenoxy) is 3. The molecule has 0 spiro atoms. The van der Waals surface area contributed by atoms with E-state index in [2.05, 4.69) is 0 Å². The fraction of sp³-hybridized carbons (Fsp3) is 0.235. The van der Waals surface area contributed by atoms with Crippen LogP contribution < -0.4 is 14.2 Å². The average Bonchev–Trinajstić information content (AvgIpc) is 2.54. The molecule has 5 heteroatoms. The topological polar surface area (TPSA) is 65.0 Å². The predicted molar refractivity (Wildman–Crippen MR) is 82.2 cm³/mol. The number of phenolic OH excluding ortho intramolecular Hbond substituents is 1. The van der Waals surface area contributed by atoms with Crippen molar-refractivity contribution >= 4 is 5.78 Å². The Hall–Kier alpha value is -2.69. The van der Waals surface area contributed by atoms with Gasteiger partial charge in [-0.05, 0) is 6.07 Å². The molecular formula is C17H18O5. The maximum Gasteiger partial charge on any atom is 0.174 e. The highest BCUT2D eigenvalue weighted by atomic mass is 16.5. The summed E-state index contributed by atoms with van der Waals surface area (Å²) in [4.78, 5) is 12.5. The van der Waals surface area contributed by atoms with Gasteiger partial charge in [0.1, 0.15) is 28.6 Å². The van der Waals surface area contributed by atoms with Crippen molar-refractivity contribution in [1.29, 1.82) is 0 Å². The number of hydrogen-bond donors (Lipinski definition) is 1. The number of phenols is 1. The van der Waals surface area contributed by atoms with E-state index in [1.54, 1.807) is 19.2 Å². The van der Waals surface area contributed by atoms with E-state index in [4.69, 9.17) is 14.2 Å². The van der Waals surface area contributed by atoms with Crippen LogP contribution in [0.5, 0.6) is 23.0 Å². The standard InChI is InChI=1S/C17H18O5/c1-20-12-9-14(19)17(16(10-12)22-3)13(18)8-11-6-4-5-7-15(11)21-2/h4-7,9-10,19H,8H2,1-3H3. The molecule has 1 N–H and O–H groups in total. The third-order valence-electron chi connectivity index (χ3n) is 3.33. The number of carbonyl (C=O) groups excluding carboxylic acids is 1. The van der Waals surface area contributed by atoms with Crippen LogP contribution in [0.2, 0.25) is 0 Å². The number of para-hydroxylation sites is 1. The van der Waals surface area contributed by atoms with E-state index in [0.29, 0.717) is 11.5 Å². The third kappa shape index (κ3) is 3.14. The van der Waals surface area contributed by atoms with Crippen LogP contribution in [0, 0.1) is 0 Å². The van der Waals surface area contributed by atoms with E-state index in [1.807, 2.05) is 18.2 Å². The highest BCUT2D eigenvalue weighted by Crippen LogP contribution is 2.34. The van der Waals surface area contributed by atoms with Gasteiger partial charge in [-0.3, -0.25) is 4.79 Å².